The van der Waals surface area contributed by atoms with Crippen LogP contribution in [-0.2, 0) is 0 Å². The van der Waals surface area contributed by atoms with Crippen molar-refractivity contribution >= 4 is 27.5 Å². The predicted octanol–water partition coefficient (Wildman–Crippen LogP) is 4.33. The third-order valence-electron chi connectivity index (χ3n) is 10.5. The van der Waals surface area contributed by atoms with Gasteiger partial charge in [0, 0.05) is 48.1 Å². The van der Waals surface area contributed by atoms with Crippen LogP contribution in [0.3, 0.4) is 0 Å². The van der Waals surface area contributed by atoms with Crippen molar-refractivity contribution in [2.45, 2.75) is 61.9 Å². The van der Waals surface area contributed by atoms with Crippen LogP contribution in [0, 0.1) is 18.2 Å². The van der Waals surface area contributed by atoms with E-state index in [2.05, 4.69) is 26.0 Å². The zero-order chi connectivity index (χ0) is 30.4. The summed E-state index contributed by atoms with van der Waals surface area (Å²) >= 11 is 0. The first kappa shape index (κ1) is 27.1. The van der Waals surface area contributed by atoms with E-state index in [1.165, 1.54) is 6.07 Å². The van der Waals surface area contributed by atoms with Crippen molar-refractivity contribution in [3.63, 3.8) is 0 Å². The summed E-state index contributed by atoms with van der Waals surface area (Å²) < 4.78 is 44.2. The van der Waals surface area contributed by atoms with Crippen molar-refractivity contribution in [1.29, 1.82) is 0 Å². The lowest BCUT2D eigenvalue weighted by Crippen LogP contribution is -2.60. The fourth-order valence-electron chi connectivity index (χ4n) is 8.53. The third-order valence-corrected chi connectivity index (χ3v) is 10.5. The van der Waals surface area contributed by atoms with Crippen molar-refractivity contribution in [1.82, 2.24) is 25.2 Å². The number of aromatic nitrogens is 3. The van der Waals surface area contributed by atoms with Crippen LogP contribution in [0.1, 0.15) is 37.7 Å². The number of hydrogen-bond donors (Lipinski definition) is 2. The second-order valence-corrected chi connectivity index (χ2v) is 13.1. The maximum atomic E-state index is 17.0. The van der Waals surface area contributed by atoms with Crippen LogP contribution < -0.4 is 19.7 Å². The van der Waals surface area contributed by atoms with Gasteiger partial charge in [0.05, 0.1) is 11.6 Å². The Morgan fingerprint density at radius 2 is 2.09 bits per heavy atom. The number of halogens is 2. The minimum absolute atomic E-state index is 0.0202. The van der Waals surface area contributed by atoms with Gasteiger partial charge >= 0.3 is 6.01 Å². The number of nitrogens with zero attached hydrogens (tertiary/aromatic N) is 5. The van der Waals surface area contributed by atoms with Gasteiger partial charge < -0.3 is 24.8 Å². The topological polar surface area (TPSA) is 95.9 Å². The van der Waals surface area contributed by atoms with Gasteiger partial charge in [0.15, 0.2) is 5.82 Å². The second-order valence-electron chi connectivity index (χ2n) is 13.1. The molecule has 0 radical (unpaired) electrons. The highest BCUT2D eigenvalue weighted by Crippen LogP contribution is 2.45. The minimum Gasteiger partial charge on any atom is -0.508 e. The van der Waals surface area contributed by atoms with E-state index in [9.17, 15) is 9.50 Å². The molecule has 5 aliphatic rings. The lowest BCUT2D eigenvalue weighted by molar-refractivity contribution is 0.107. The summed E-state index contributed by atoms with van der Waals surface area (Å²) in [4.78, 5) is 18.7. The number of phenols is 1. The molecule has 2 bridgehead atoms. The zero-order valence-electron chi connectivity index (χ0n) is 24.6. The number of aromatic hydroxyl groups is 1. The molecule has 0 spiro atoms. The number of ether oxygens (including phenoxy) is 2. The number of phenolic OH excluding ortho intramolecular Hbond substituents is 1. The number of alkyl halides is 1. The SMILES string of the molecule is C#Cc1cccc2cc(O)cc(-c3nc4c5c(nc(OC[C@@]67CCCN6C[C@@H](F)C7)nc5c3F)N3CC5CCC(N5)[C@H]3CO4)c12. The molecule has 9 nitrogen and oxygen atoms in total. The molecule has 5 aliphatic heterocycles. The molecular weight excluding hydrogens is 578 g/mol. The maximum absolute atomic E-state index is 17.0. The smallest absolute Gasteiger partial charge is 0.319 e. The highest BCUT2D eigenvalue weighted by Gasteiger charge is 2.50. The maximum Gasteiger partial charge on any atom is 0.319 e. The summed E-state index contributed by atoms with van der Waals surface area (Å²) in [5, 5.41) is 16.0. The molecular formula is C34H32F2N6O3. The molecule has 4 aromatic rings. The van der Waals surface area contributed by atoms with E-state index in [1.54, 1.807) is 18.2 Å². The first-order chi connectivity index (χ1) is 21.9. The summed E-state index contributed by atoms with van der Waals surface area (Å²) in [6, 6.07) is 8.91. The van der Waals surface area contributed by atoms with E-state index >= 15 is 4.39 Å². The van der Waals surface area contributed by atoms with Crippen molar-refractivity contribution in [3.05, 3.63) is 41.7 Å². The summed E-state index contributed by atoms with van der Waals surface area (Å²) in [6.07, 6.45) is 9.21. The Labute approximate surface area is 258 Å². The number of piperazine rings is 1. The number of fused-ring (bicyclic) bond motifs is 7. The first-order valence-corrected chi connectivity index (χ1v) is 15.7. The Morgan fingerprint density at radius 3 is 2.98 bits per heavy atom. The van der Waals surface area contributed by atoms with E-state index in [4.69, 9.17) is 25.9 Å². The van der Waals surface area contributed by atoms with Gasteiger partial charge in [-0.3, -0.25) is 4.90 Å². The van der Waals surface area contributed by atoms with Crippen LogP contribution in [0.15, 0.2) is 30.3 Å². The molecule has 4 fully saturated rings. The van der Waals surface area contributed by atoms with Crippen LogP contribution in [0.4, 0.5) is 14.6 Å². The third kappa shape index (κ3) is 4.08. The molecule has 11 heteroatoms. The number of rotatable bonds is 4. The summed E-state index contributed by atoms with van der Waals surface area (Å²) in [5.41, 5.74) is 0.457. The van der Waals surface area contributed by atoms with Crippen molar-refractivity contribution in [3.8, 4) is 41.2 Å². The van der Waals surface area contributed by atoms with Gasteiger partial charge in [-0.05, 0) is 55.8 Å². The molecule has 230 valence electrons. The van der Waals surface area contributed by atoms with Gasteiger partial charge in [-0.1, -0.05) is 18.1 Å². The molecule has 0 saturated carbocycles. The fourth-order valence-corrected chi connectivity index (χ4v) is 8.53. The molecule has 4 saturated heterocycles. The highest BCUT2D eigenvalue weighted by molar-refractivity contribution is 6.04. The Morgan fingerprint density at radius 1 is 1.18 bits per heavy atom. The monoisotopic (exact) mass is 610 g/mol. The number of hydrogen-bond acceptors (Lipinski definition) is 9. The largest absolute Gasteiger partial charge is 0.508 e. The summed E-state index contributed by atoms with van der Waals surface area (Å²) in [7, 11) is 0. The van der Waals surface area contributed by atoms with Crippen LogP contribution in [0.2, 0.25) is 0 Å². The molecule has 0 amide bonds. The van der Waals surface area contributed by atoms with Crippen molar-refractivity contribution < 1.29 is 23.4 Å². The first-order valence-electron chi connectivity index (χ1n) is 15.7. The van der Waals surface area contributed by atoms with Gasteiger partial charge in [-0.25, -0.2) is 13.8 Å². The average Bonchev–Trinajstić information content (AvgIpc) is 3.67. The van der Waals surface area contributed by atoms with E-state index in [1.807, 2.05) is 6.07 Å². The molecule has 45 heavy (non-hydrogen) atoms. The number of benzene rings is 2. The van der Waals surface area contributed by atoms with Crippen LogP contribution in [0.5, 0.6) is 17.6 Å². The van der Waals surface area contributed by atoms with Gasteiger partial charge in [0.2, 0.25) is 5.88 Å². The van der Waals surface area contributed by atoms with E-state index in [0.717, 1.165) is 32.2 Å². The lowest BCUT2D eigenvalue weighted by atomic mass is 9.95. The second kappa shape index (κ2) is 9.86. The van der Waals surface area contributed by atoms with Gasteiger partial charge in [-0.2, -0.15) is 9.97 Å². The molecule has 2 aromatic carbocycles. The number of nitrogens with one attached hydrogen (secondary N) is 1. The molecule has 0 aliphatic carbocycles. The molecule has 2 N–H and O–H groups in total. The van der Waals surface area contributed by atoms with Gasteiger partial charge in [0.1, 0.15) is 47.5 Å². The molecule has 7 heterocycles. The average molecular weight is 611 g/mol. The Balaban J connectivity index is 1.24. The standard InChI is InChI=1S/C34H32F2N6O3/c1-2-18-5-3-6-19-11-22(43)12-23(26(18)19)29-28(36)30-27-31(42-15-21-7-8-24(37-21)25(42)16-44-32(27)38-29)40-33(39-30)45-17-34-9-4-10-41(34)14-20(35)13-34/h1,3,5-6,11-12,20-21,24-25,37,43H,4,7-10,13-17H2/t20-,21?,24?,25+,34-/m0/s1. The van der Waals surface area contributed by atoms with Crippen LogP contribution >= 0.6 is 0 Å². The van der Waals surface area contributed by atoms with Crippen LogP contribution in [-0.4, -0.2) is 87.6 Å². The summed E-state index contributed by atoms with van der Waals surface area (Å²) in [5.74, 6) is 2.70. The highest BCUT2D eigenvalue weighted by atomic mass is 19.1. The zero-order valence-corrected chi connectivity index (χ0v) is 24.6. The van der Waals surface area contributed by atoms with Gasteiger partial charge in [0.25, 0.3) is 0 Å². The summed E-state index contributed by atoms with van der Waals surface area (Å²) in [6.45, 7) is 2.47. The van der Waals surface area contributed by atoms with E-state index in [-0.39, 0.29) is 53.6 Å². The van der Waals surface area contributed by atoms with Crippen molar-refractivity contribution in [2.24, 2.45) is 0 Å². The molecule has 2 aromatic heterocycles. The number of anilines is 1. The predicted molar refractivity (Wildman–Crippen MR) is 165 cm³/mol. The molecule has 2 unspecified atom stereocenters. The van der Waals surface area contributed by atoms with Gasteiger partial charge in [-0.15, -0.1) is 6.42 Å². The number of pyridine rings is 1. The quantitative estimate of drug-likeness (QED) is 0.328. The van der Waals surface area contributed by atoms with E-state index in [0.29, 0.717) is 59.2 Å². The number of terminal acetylenes is 1. The van der Waals surface area contributed by atoms with E-state index < -0.39 is 17.5 Å². The molecule has 9 rings (SSSR count). The Bertz CT molecular complexity index is 1930. The minimum atomic E-state index is -0.899. The fraction of sp³-hybridized carbons (Fsp3) is 0.441. The van der Waals surface area contributed by atoms with Crippen molar-refractivity contribution in [2.75, 3.05) is 37.7 Å². The Hall–Kier alpha value is -4.27. The normalized spacial score (nSPS) is 28.5. The lowest BCUT2D eigenvalue weighted by Gasteiger charge is -2.40. The Kier molecular flexibility index (Phi) is 5.93. The van der Waals surface area contributed by atoms with Crippen LogP contribution in [0.25, 0.3) is 32.9 Å². The molecule has 5 atom stereocenters.